The minimum Gasteiger partial charge on any atom is -0.299 e. The third-order valence-electron chi connectivity index (χ3n) is 4.59. The second-order valence-electron chi connectivity index (χ2n) is 7.45. The van der Waals surface area contributed by atoms with Gasteiger partial charge in [-0.3, -0.25) is 9.78 Å². The van der Waals surface area contributed by atoms with Gasteiger partial charge in [-0.15, -0.1) is 0 Å². The summed E-state index contributed by atoms with van der Waals surface area (Å²) in [5, 5.41) is 0. The molecule has 0 radical (unpaired) electrons. The summed E-state index contributed by atoms with van der Waals surface area (Å²) in [7, 11) is 0. The van der Waals surface area contributed by atoms with E-state index in [2.05, 4.69) is 11.1 Å². The summed E-state index contributed by atoms with van der Waals surface area (Å²) in [5.74, 6) is 0.406. The molecule has 20 heavy (non-hydrogen) atoms. The predicted molar refractivity (Wildman–Crippen MR) is 82.5 cm³/mol. The lowest BCUT2D eigenvalue weighted by atomic mass is 9.65. The van der Waals surface area contributed by atoms with Gasteiger partial charge >= 0.3 is 0 Å². The number of hydrogen-bond donors (Lipinski definition) is 0. The highest BCUT2D eigenvalue weighted by atomic mass is 16.1. The highest BCUT2D eigenvalue weighted by Gasteiger charge is 2.37. The molecule has 2 nitrogen and oxygen atoms in total. The average Bonchev–Trinajstić information content (AvgIpc) is 2.39. The Balaban J connectivity index is 2.15. The van der Waals surface area contributed by atoms with Gasteiger partial charge < -0.3 is 0 Å². The van der Waals surface area contributed by atoms with E-state index in [-0.39, 0.29) is 10.8 Å². The molecule has 110 valence electrons. The Hall–Kier alpha value is -1.18. The highest BCUT2D eigenvalue weighted by molar-refractivity contribution is 5.84. The molecule has 2 heteroatoms. The van der Waals surface area contributed by atoms with Crippen molar-refractivity contribution in [2.45, 2.75) is 65.7 Å². The molecule has 1 fully saturated rings. The molecule has 0 spiro atoms. The van der Waals surface area contributed by atoms with Crippen molar-refractivity contribution in [2.24, 2.45) is 10.8 Å². The maximum absolute atomic E-state index is 12.5. The molecule has 0 bridgehead atoms. The third kappa shape index (κ3) is 3.91. The summed E-state index contributed by atoms with van der Waals surface area (Å²) in [5.41, 5.74) is 1.22. The Bertz CT molecular complexity index is 438. The molecule has 0 aliphatic heterocycles. The molecule has 0 N–H and O–H groups in total. The standard InChI is InChI=1S/C18H27NO/c1-17(2,3)16(20)13-18(9-5-4-6-10-18)12-15-8-7-11-19-14-15/h7-8,11,14H,4-6,9-10,12-13H2,1-3H3. The fourth-order valence-electron chi connectivity index (χ4n) is 3.26. The van der Waals surface area contributed by atoms with Crippen LogP contribution in [-0.2, 0) is 11.2 Å². The zero-order chi connectivity index (χ0) is 14.6. The molecule has 0 unspecified atom stereocenters. The largest absolute Gasteiger partial charge is 0.299 e. The Labute approximate surface area is 123 Å². The average molecular weight is 273 g/mol. The summed E-state index contributed by atoms with van der Waals surface area (Å²) in [6.45, 7) is 6.11. The minimum atomic E-state index is -0.223. The van der Waals surface area contributed by atoms with Crippen molar-refractivity contribution in [1.29, 1.82) is 0 Å². The van der Waals surface area contributed by atoms with Gasteiger partial charge in [0.05, 0.1) is 0 Å². The molecular weight excluding hydrogens is 246 g/mol. The lowest BCUT2D eigenvalue weighted by Crippen LogP contribution is -2.34. The van der Waals surface area contributed by atoms with Gasteiger partial charge in [0.25, 0.3) is 0 Å². The smallest absolute Gasteiger partial charge is 0.138 e. The van der Waals surface area contributed by atoms with Crippen LogP contribution >= 0.6 is 0 Å². The molecule has 1 aliphatic rings. The maximum atomic E-state index is 12.5. The second-order valence-corrected chi connectivity index (χ2v) is 7.45. The monoisotopic (exact) mass is 273 g/mol. The SMILES string of the molecule is CC(C)(C)C(=O)CC1(Cc2cccnc2)CCCCC1. The van der Waals surface area contributed by atoms with Crippen molar-refractivity contribution >= 4 is 5.78 Å². The number of nitrogens with zero attached hydrogens (tertiary/aromatic N) is 1. The minimum absolute atomic E-state index is 0.172. The molecule has 0 saturated heterocycles. The van der Waals surface area contributed by atoms with Gasteiger partial charge in [-0.05, 0) is 36.3 Å². The first-order chi connectivity index (χ1) is 9.41. The van der Waals surface area contributed by atoms with Crippen LogP contribution in [0.5, 0.6) is 0 Å². The second kappa shape index (κ2) is 6.07. The van der Waals surface area contributed by atoms with Crippen molar-refractivity contribution in [2.75, 3.05) is 0 Å². The Morgan fingerprint density at radius 1 is 1.25 bits per heavy atom. The number of carbonyl (C=O) groups is 1. The summed E-state index contributed by atoms with van der Waals surface area (Å²) >= 11 is 0. The lowest BCUT2D eigenvalue weighted by Gasteiger charge is -2.38. The summed E-state index contributed by atoms with van der Waals surface area (Å²) in [6, 6.07) is 4.14. The molecule has 1 aliphatic carbocycles. The number of aromatic nitrogens is 1. The zero-order valence-corrected chi connectivity index (χ0v) is 13.1. The van der Waals surface area contributed by atoms with E-state index in [0.717, 1.165) is 12.8 Å². The number of carbonyl (C=O) groups excluding carboxylic acids is 1. The number of hydrogen-bond acceptors (Lipinski definition) is 2. The van der Waals surface area contributed by atoms with E-state index in [1.807, 2.05) is 39.2 Å². The number of pyridine rings is 1. The van der Waals surface area contributed by atoms with Gasteiger partial charge in [0, 0.05) is 24.2 Å². The first kappa shape index (κ1) is 15.2. The Kier molecular flexibility index (Phi) is 4.62. The zero-order valence-electron chi connectivity index (χ0n) is 13.1. The molecule has 0 aromatic carbocycles. The van der Waals surface area contributed by atoms with Crippen LogP contribution in [0.4, 0.5) is 0 Å². The first-order valence-electron chi connectivity index (χ1n) is 7.84. The van der Waals surface area contributed by atoms with Crippen molar-refractivity contribution in [3.8, 4) is 0 Å². The molecule has 1 heterocycles. The molecule has 0 amide bonds. The van der Waals surface area contributed by atoms with E-state index in [1.54, 1.807) is 0 Å². The van der Waals surface area contributed by atoms with Crippen molar-refractivity contribution in [3.05, 3.63) is 30.1 Å². The van der Waals surface area contributed by atoms with E-state index in [9.17, 15) is 4.79 Å². The van der Waals surface area contributed by atoms with Crippen LogP contribution in [0.25, 0.3) is 0 Å². The fourth-order valence-corrected chi connectivity index (χ4v) is 3.26. The van der Waals surface area contributed by atoms with Crippen LogP contribution in [-0.4, -0.2) is 10.8 Å². The van der Waals surface area contributed by atoms with Gasteiger partial charge in [0.15, 0.2) is 0 Å². The normalized spacial score (nSPS) is 18.8. The van der Waals surface area contributed by atoms with E-state index < -0.39 is 0 Å². The lowest BCUT2D eigenvalue weighted by molar-refractivity contribution is -0.129. The topological polar surface area (TPSA) is 30.0 Å². The van der Waals surface area contributed by atoms with Crippen LogP contribution in [0.2, 0.25) is 0 Å². The van der Waals surface area contributed by atoms with Gasteiger partial charge in [-0.25, -0.2) is 0 Å². The summed E-state index contributed by atoms with van der Waals surface area (Å²) in [6.07, 6.45) is 11.7. The van der Waals surface area contributed by atoms with Crippen molar-refractivity contribution < 1.29 is 4.79 Å². The highest BCUT2D eigenvalue weighted by Crippen LogP contribution is 2.43. The van der Waals surface area contributed by atoms with Crippen LogP contribution in [0.1, 0.15) is 64.9 Å². The molecule has 1 aromatic heterocycles. The fraction of sp³-hybridized carbons (Fsp3) is 0.667. The van der Waals surface area contributed by atoms with E-state index in [4.69, 9.17) is 0 Å². The number of rotatable bonds is 4. The Morgan fingerprint density at radius 3 is 2.50 bits per heavy atom. The first-order valence-corrected chi connectivity index (χ1v) is 7.84. The van der Waals surface area contributed by atoms with Crippen LogP contribution in [0.15, 0.2) is 24.5 Å². The summed E-state index contributed by atoms with van der Waals surface area (Å²) < 4.78 is 0. The van der Waals surface area contributed by atoms with Gasteiger partial charge in [0.2, 0.25) is 0 Å². The number of Topliss-reactive ketones (excluding diaryl/α,β-unsaturated/α-hetero) is 1. The van der Waals surface area contributed by atoms with Crippen molar-refractivity contribution in [1.82, 2.24) is 4.98 Å². The van der Waals surface area contributed by atoms with Gasteiger partial charge in [-0.1, -0.05) is 46.1 Å². The van der Waals surface area contributed by atoms with Crippen LogP contribution in [0, 0.1) is 10.8 Å². The van der Waals surface area contributed by atoms with Gasteiger partial charge in [-0.2, -0.15) is 0 Å². The summed E-state index contributed by atoms with van der Waals surface area (Å²) in [4.78, 5) is 16.7. The van der Waals surface area contributed by atoms with Gasteiger partial charge in [0.1, 0.15) is 5.78 Å². The molecular formula is C18H27NO. The molecule has 0 atom stereocenters. The maximum Gasteiger partial charge on any atom is 0.138 e. The molecule has 1 saturated carbocycles. The van der Waals surface area contributed by atoms with Crippen LogP contribution < -0.4 is 0 Å². The van der Waals surface area contributed by atoms with E-state index >= 15 is 0 Å². The van der Waals surface area contributed by atoms with E-state index in [1.165, 1.54) is 37.7 Å². The predicted octanol–water partition coefficient (Wildman–Crippen LogP) is 4.58. The Morgan fingerprint density at radius 2 is 1.95 bits per heavy atom. The molecule has 2 rings (SSSR count). The van der Waals surface area contributed by atoms with E-state index in [0.29, 0.717) is 5.78 Å². The quantitative estimate of drug-likeness (QED) is 0.803. The molecule has 1 aromatic rings. The number of ketones is 1. The van der Waals surface area contributed by atoms with Crippen molar-refractivity contribution in [3.63, 3.8) is 0 Å². The third-order valence-corrected chi connectivity index (χ3v) is 4.59. The van der Waals surface area contributed by atoms with Crippen LogP contribution in [0.3, 0.4) is 0 Å².